The molecule has 3 N–H and O–H groups in total. The van der Waals surface area contributed by atoms with E-state index in [-0.39, 0.29) is 5.84 Å². The van der Waals surface area contributed by atoms with Crippen molar-refractivity contribution in [2.45, 2.75) is 6.92 Å². The third kappa shape index (κ3) is 3.88. The molecule has 2 aromatic carbocycles. The number of amidine groups is 1. The number of nitrogens with two attached hydrogens (primary N) is 1. The number of rotatable bonds is 5. The van der Waals surface area contributed by atoms with Crippen LogP contribution in [0.5, 0.6) is 17.2 Å². The number of ether oxygens (including phenoxy) is 2. The maximum absolute atomic E-state index is 8.70. The number of hydrogen-bond donors (Lipinski definition) is 2. The summed E-state index contributed by atoms with van der Waals surface area (Å²) in [6.45, 7) is 2.53. The van der Waals surface area contributed by atoms with E-state index in [0.717, 1.165) is 5.75 Å². The average Bonchev–Trinajstić information content (AvgIpc) is 2.47. The molecule has 110 valence electrons. The maximum Gasteiger partial charge on any atom is 0.171 e. The fourth-order valence-corrected chi connectivity index (χ4v) is 2.31. The van der Waals surface area contributed by atoms with Gasteiger partial charge in [0, 0.05) is 16.1 Å². The summed E-state index contributed by atoms with van der Waals surface area (Å²) in [6, 6.07) is 12.6. The van der Waals surface area contributed by atoms with Gasteiger partial charge >= 0.3 is 0 Å². The van der Waals surface area contributed by atoms with Crippen molar-refractivity contribution >= 4 is 21.8 Å². The summed E-state index contributed by atoms with van der Waals surface area (Å²) in [4.78, 5) is 0. The van der Waals surface area contributed by atoms with E-state index in [1.54, 1.807) is 18.2 Å². The summed E-state index contributed by atoms with van der Waals surface area (Å²) < 4.78 is 11.9. The lowest BCUT2D eigenvalue weighted by Gasteiger charge is -2.10. The first-order chi connectivity index (χ1) is 10.1. The van der Waals surface area contributed by atoms with Gasteiger partial charge < -0.3 is 20.4 Å². The molecule has 21 heavy (non-hydrogen) atoms. The van der Waals surface area contributed by atoms with E-state index in [1.165, 1.54) is 0 Å². The average molecular weight is 351 g/mol. The second-order valence-electron chi connectivity index (χ2n) is 4.14. The van der Waals surface area contributed by atoms with E-state index in [4.69, 9.17) is 20.4 Å². The van der Waals surface area contributed by atoms with Crippen LogP contribution >= 0.6 is 15.9 Å². The fraction of sp³-hybridized carbons (Fsp3) is 0.133. The quantitative estimate of drug-likeness (QED) is 0.372. The van der Waals surface area contributed by atoms with Crippen LogP contribution in [0.2, 0.25) is 0 Å². The van der Waals surface area contributed by atoms with Gasteiger partial charge in [0.25, 0.3) is 0 Å². The van der Waals surface area contributed by atoms with Gasteiger partial charge in [-0.1, -0.05) is 11.2 Å². The van der Waals surface area contributed by atoms with Crippen molar-refractivity contribution in [3.8, 4) is 17.2 Å². The Kier molecular flexibility index (Phi) is 5.05. The molecular formula is C15H15BrN2O3. The van der Waals surface area contributed by atoms with Crippen LogP contribution in [0, 0.1) is 0 Å². The number of oxime groups is 1. The van der Waals surface area contributed by atoms with Crippen LogP contribution in [-0.2, 0) is 0 Å². The third-order valence-electron chi connectivity index (χ3n) is 2.68. The summed E-state index contributed by atoms with van der Waals surface area (Å²) in [5.74, 6) is 2.09. The number of benzene rings is 2. The molecular weight excluding hydrogens is 336 g/mol. The molecule has 0 saturated heterocycles. The number of nitrogens with zero attached hydrogens (tertiary/aromatic N) is 1. The lowest BCUT2D eigenvalue weighted by molar-refractivity contribution is 0.318. The van der Waals surface area contributed by atoms with E-state index < -0.39 is 0 Å². The van der Waals surface area contributed by atoms with Gasteiger partial charge in [0.15, 0.2) is 5.84 Å². The van der Waals surface area contributed by atoms with E-state index in [0.29, 0.717) is 28.1 Å². The summed E-state index contributed by atoms with van der Waals surface area (Å²) in [5.41, 5.74) is 6.15. The highest BCUT2D eigenvalue weighted by molar-refractivity contribution is 9.10. The van der Waals surface area contributed by atoms with E-state index in [2.05, 4.69) is 21.1 Å². The van der Waals surface area contributed by atoms with Crippen molar-refractivity contribution in [3.63, 3.8) is 0 Å². The highest BCUT2D eigenvalue weighted by atomic mass is 79.9. The minimum Gasteiger partial charge on any atom is -0.494 e. The lowest BCUT2D eigenvalue weighted by Crippen LogP contribution is -2.13. The Labute approximate surface area is 131 Å². The molecule has 0 amide bonds. The van der Waals surface area contributed by atoms with Gasteiger partial charge in [-0.05, 0) is 53.2 Å². The Balaban J connectivity index is 2.20. The van der Waals surface area contributed by atoms with Crippen molar-refractivity contribution < 1.29 is 14.7 Å². The Bertz CT molecular complexity index is 659. The summed E-state index contributed by atoms with van der Waals surface area (Å²) in [7, 11) is 0. The van der Waals surface area contributed by atoms with Gasteiger partial charge in [-0.3, -0.25) is 0 Å². The van der Waals surface area contributed by atoms with Crippen LogP contribution in [0.25, 0.3) is 0 Å². The topological polar surface area (TPSA) is 77.1 Å². The van der Waals surface area contributed by atoms with Crippen LogP contribution in [0.3, 0.4) is 0 Å². The first-order valence-electron chi connectivity index (χ1n) is 6.32. The molecule has 0 aliphatic carbocycles. The lowest BCUT2D eigenvalue weighted by atomic mass is 10.2. The molecule has 0 radical (unpaired) electrons. The Morgan fingerprint density at radius 3 is 2.57 bits per heavy atom. The largest absolute Gasteiger partial charge is 0.494 e. The van der Waals surface area contributed by atoms with Crippen molar-refractivity contribution in [1.29, 1.82) is 0 Å². The molecule has 6 heteroatoms. The highest BCUT2D eigenvalue weighted by Gasteiger charge is 2.07. The Morgan fingerprint density at radius 1 is 1.19 bits per heavy atom. The number of hydrogen-bond acceptors (Lipinski definition) is 4. The van der Waals surface area contributed by atoms with Gasteiger partial charge in [0.2, 0.25) is 0 Å². The van der Waals surface area contributed by atoms with Gasteiger partial charge in [0.1, 0.15) is 17.2 Å². The second kappa shape index (κ2) is 6.99. The zero-order valence-corrected chi connectivity index (χ0v) is 13.0. The molecule has 0 saturated carbocycles. The predicted molar refractivity (Wildman–Crippen MR) is 84.3 cm³/mol. The Morgan fingerprint density at radius 2 is 1.90 bits per heavy atom. The van der Waals surface area contributed by atoms with Gasteiger partial charge in [-0.25, -0.2) is 0 Å². The third-order valence-corrected chi connectivity index (χ3v) is 3.33. The van der Waals surface area contributed by atoms with Crippen molar-refractivity contribution in [3.05, 3.63) is 52.5 Å². The van der Waals surface area contributed by atoms with Gasteiger partial charge in [-0.2, -0.15) is 0 Å². The molecule has 0 spiro atoms. The monoisotopic (exact) mass is 350 g/mol. The van der Waals surface area contributed by atoms with Crippen LogP contribution in [-0.4, -0.2) is 17.6 Å². The van der Waals surface area contributed by atoms with Crippen LogP contribution in [0.1, 0.15) is 12.5 Å². The fourth-order valence-electron chi connectivity index (χ4n) is 1.75. The van der Waals surface area contributed by atoms with Gasteiger partial charge in [0.05, 0.1) is 6.61 Å². The number of halogens is 1. The SMILES string of the molecule is CCOc1cccc(Oc2ccc(/C(N)=N/O)c(Br)c2)c1. The molecule has 0 fully saturated rings. The van der Waals surface area contributed by atoms with Crippen molar-refractivity contribution in [2.24, 2.45) is 10.9 Å². The molecule has 0 aliphatic heterocycles. The van der Waals surface area contributed by atoms with Crippen molar-refractivity contribution in [2.75, 3.05) is 6.61 Å². The normalized spacial score (nSPS) is 11.2. The minimum absolute atomic E-state index is 0.0340. The molecule has 2 rings (SSSR count). The molecule has 0 aromatic heterocycles. The summed E-state index contributed by atoms with van der Waals surface area (Å²) >= 11 is 3.36. The van der Waals surface area contributed by atoms with Gasteiger partial charge in [-0.15, -0.1) is 0 Å². The molecule has 0 bridgehead atoms. The summed E-state index contributed by atoms with van der Waals surface area (Å²) in [5, 5.41) is 11.7. The van der Waals surface area contributed by atoms with Crippen LogP contribution in [0.15, 0.2) is 52.1 Å². The highest BCUT2D eigenvalue weighted by Crippen LogP contribution is 2.29. The van der Waals surface area contributed by atoms with E-state index in [1.807, 2.05) is 31.2 Å². The molecule has 0 heterocycles. The second-order valence-corrected chi connectivity index (χ2v) is 4.99. The minimum atomic E-state index is 0.0340. The van der Waals surface area contributed by atoms with Crippen LogP contribution < -0.4 is 15.2 Å². The molecule has 0 aliphatic rings. The zero-order chi connectivity index (χ0) is 15.2. The molecule has 0 unspecified atom stereocenters. The summed E-state index contributed by atoms with van der Waals surface area (Å²) in [6.07, 6.45) is 0. The zero-order valence-electron chi connectivity index (χ0n) is 11.4. The smallest absolute Gasteiger partial charge is 0.171 e. The predicted octanol–water partition coefficient (Wildman–Crippen LogP) is 3.73. The molecule has 2 aromatic rings. The first kappa shape index (κ1) is 15.2. The molecule has 0 atom stereocenters. The molecule has 5 nitrogen and oxygen atoms in total. The van der Waals surface area contributed by atoms with Crippen molar-refractivity contribution in [1.82, 2.24) is 0 Å². The van der Waals surface area contributed by atoms with E-state index >= 15 is 0 Å². The van der Waals surface area contributed by atoms with Crippen LogP contribution in [0.4, 0.5) is 0 Å². The van der Waals surface area contributed by atoms with E-state index in [9.17, 15) is 0 Å². The maximum atomic E-state index is 8.70. The standard InChI is InChI=1S/C15H15BrN2O3/c1-2-20-10-4-3-5-11(8-10)21-12-6-7-13(14(16)9-12)15(17)18-19/h3-9,19H,2H2,1H3,(H2,17,18). The Hall–Kier alpha value is -2.21. The first-order valence-corrected chi connectivity index (χ1v) is 7.11.